The van der Waals surface area contributed by atoms with E-state index in [0.29, 0.717) is 18.5 Å². The summed E-state index contributed by atoms with van der Waals surface area (Å²) in [5.74, 6) is 0.292. The molecule has 0 saturated heterocycles. The smallest absolute Gasteiger partial charge is 0.150 e. The van der Waals surface area contributed by atoms with Crippen LogP contribution in [0.2, 0.25) is 0 Å². The van der Waals surface area contributed by atoms with Crippen molar-refractivity contribution >= 4 is 9.84 Å². The topological polar surface area (TPSA) is 72.2 Å². The van der Waals surface area contributed by atoms with Gasteiger partial charge in [0, 0.05) is 19.0 Å². The molecule has 0 amide bonds. The highest BCUT2D eigenvalue weighted by Crippen LogP contribution is 2.16. The molecule has 0 saturated carbocycles. The van der Waals surface area contributed by atoms with Crippen molar-refractivity contribution in [2.24, 2.45) is 7.05 Å². The Hall–Kier alpha value is -0.880. The maximum atomic E-state index is 11.2. The molecule has 1 unspecified atom stereocenters. The number of nitrogens with zero attached hydrogens (tertiary/aromatic N) is 2. The molecule has 0 fully saturated rings. The summed E-state index contributed by atoms with van der Waals surface area (Å²) in [5, 5.41) is 9.73. The van der Waals surface area contributed by atoms with E-state index in [1.807, 2.05) is 7.05 Å². The predicted octanol–water partition coefficient (Wildman–Crippen LogP) is 0.668. The first kappa shape index (κ1) is 13.2. The lowest BCUT2D eigenvalue weighted by molar-refractivity contribution is 0.162. The van der Waals surface area contributed by atoms with Crippen molar-refractivity contribution in [2.45, 2.75) is 25.9 Å². The maximum absolute atomic E-state index is 11.2. The van der Waals surface area contributed by atoms with Gasteiger partial charge in [-0.05, 0) is 12.8 Å². The number of hydrogen-bond acceptors (Lipinski definition) is 4. The van der Waals surface area contributed by atoms with E-state index >= 15 is 0 Å². The van der Waals surface area contributed by atoms with Crippen LogP contribution >= 0.6 is 0 Å². The molecule has 1 aromatic rings. The Labute approximate surface area is 96.0 Å². The fraction of sp³-hybridized carbons (Fsp3) is 0.700. The molecule has 6 heteroatoms. The van der Waals surface area contributed by atoms with Crippen molar-refractivity contribution in [3.05, 3.63) is 18.2 Å². The van der Waals surface area contributed by atoms with E-state index in [1.165, 1.54) is 0 Å². The molecule has 1 rings (SSSR count). The van der Waals surface area contributed by atoms with E-state index in [9.17, 15) is 13.5 Å². The summed E-state index contributed by atoms with van der Waals surface area (Å²) >= 11 is 0. The lowest BCUT2D eigenvalue weighted by Crippen LogP contribution is -2.10. The Morgan fingerprint density at radius 2 is 2.25 bits per heavy atom. The fourth-order valence-electron chi connectivity index (χ4n) is 1.39. The fourth-order valence-corrected chi connectivity index (χ4v) is 2.29. The minimum atomic E-state index is -2.93. The molecule has 0 bridgehead atoms. The highest BCUT2D eigenvalue weighted by Gasteiger charge is 2.13. The van der Waals surface area contributed by atoms with Crippen LogP contribution in [0.1, 0.15) is 31.6 Å². The van der Waals surface area contributed by atoms with Crippen LogP contribution in [0.25, 0.3) is 0 Å². The first-order chi connectivity index (χ1) is 7.44. The van der Waals surface area contributed by atoms with Gasteiger partial charge in [-0.1, -0.05) is 6.92 Å². The molecular weight excluding hydrogens is 228 g/mol. The van der Waals surface area contributed by atoms with Crippen LogP contribution in [0.15, 0.2) is 12.5 Å². The second kappa shape index (κ2) is 5.45. The SMILES string of the molecule is CCS(=O)(=O)CCCC(O)c1cn(C)cn1. The van der Waals surface area contributed by atoms with Gasteiger partial charge in [-0.3, -0.25) is 0 Å². The standard InChI is InChI=1S/C10H18N2O3S/c1-3-16(14,15)6-4-5-10(13)9-7-12(2)8-11-9/h7-8,10,13H,3-6H2,1-2H3. The third-order valence-corrected chi connectivity index (χ3v) is 4.23. The predicted molar refractivity (Wildman–Crippen MR) is 61.7 cm³/mol. The molecule has 16 heavy (non-hydrogen) atoms. The zero-order valence-corrected chi connectivity index (χ0v) is 10.4. The quantitative estimate of drug-likeness (QED) is 0.800. The molecule has 0 aromatic carbocycles. The van der Waals surface area contributed by atoms with Gasteiger partial charge >= 0.3 is 0 Å². The Kier molecular flexibility index (Phi) is 4.49. The van der Waals surface area contributed by atoms with Crippen molar-refractivity contribution in [1.29, 1.82) is 0 Å². The van der Waals surface area contributed by atoms with Crippen LogP contribution in [0.4, 0.5) is 0 Å². The molecule has 92 valence electrons. The van der Waals surface area contributed by atoms with Crippen LogP contribution in [0.5, 0.6) is 0 Å². The van der Waals surface area contributed by atoms with Gasteiger partial charge in [0.25, 0.3) is 0 Å². The zero-order valence-electron chi connectivity index (χ0n) is 9.63. The second-order valence-electron chi connectivity index (χ2n) is 3.86. The molecule has 1 aromatic heterocycles. The van der Waals surface area contributed by atoms with Gasteiger partial charge in [0.15, 0.2) is 0 Å². The van der Waals surface area contributed by atoms with E-state index in [0.717, 1.165) is 0 Å². The average molecular weight is 246 g/mol. The van der Waals surface area contributed by atoms with Gasteiger partial charge in [0.2, 0.25) is 0 Å². The first-order valence-electron chi connectivity index (χ1n) is 5.31. The minimum Gasteiger partial charge on any atom is -0.387 e. The Morgan fingerprint density at radius 1 is 1.56 bits per heavy atom. The van der Waals surface area contributed by atoms with Gasteiger partial charge < -0.3 is 9.67 Å². The average Bonchev–Trinajstić information content (AvgIpc) is 2.64. The van der Waals surface area contributed by atoms with Crippen LogP contribution in [-0.2, 0) is 16.9 Å². The third kappa shape index (κ3) is 3.94. The van der Waals surface area contributed by atoms with Gasteiger partial charge in [-0.15, -0.1) is 0 Å². The van der Waals surface area contributed by atoms with Gasteiger partial charge in [0.1, 0.15) is 9.84 Å². The van der Waals surface area contributed by atoms with E-state index in [2.05, 4.69) is 4.98 Å². The molecule has 1 N–H and O–H groups in total. The Bertz CT molecular complexity index is 425. The molecule has 1 heterocycles. The molecule has 0 radical (unpaired) electrons. The van der Waals surface area contributed by atoms with Crippen molar-refractivity contribution < 1.29 is 13.5 Å². The largest absolute Gasteiger partial charge is 0.387 e. The summed E-state index contributed by atoms with van der Waals surface area (Å²) in [6.07, 6.45) is 3.57. The zero-order chi connectivity index (χ0) is 12.2. The highest BCUT2D eigenvalue weighted by atomic mass is 32.2. The number of aromatic nitrogens is 2. The molecule has 1 atom stereocenters. The van der Waals surface area contributed by atoms with Crippen molar-refractivity contribution in [1.82, 2.24) is 9.55 Å². The second-order valence-corrected chi connectivity index (χ2v) is 6.33. The van der Waals surface area contributed by atoms with E-state index in [1.54, 1.807) is 24.0 Å². The molecule has 0 aliphatic rings. The summed E-state index contributed by atoms with van der Waals surface area (Å²) < 4.78 is 24.2. The summed E-state index contributed by atoms with van der Waals surface area (Å²) in [6, 6.07) is 0. The third-order valence-electron chi connectivity index (χ3n) is 2.44. The first-order valence-corrected chi connectivity index (χ1v) is 7.13. The molecule has 0 aliphatic carbocycles. The minimum absolute atomic E-state index is 0.132. The number of aryl methyl sites for hydroxylation is 1. The summed E-state index contributed by atoms with van der Waals surface area (Å²) in [6.45, 7) is 1.63. The lowest BCUT2D eigenvalue weighted by atomic mass is 10.2. The summed E-state index contributed by atoms with van der Waals surface area (Å²) in [4.78, 5) is 4.01. The maximum Gasteiger partial charge on any atom is 0.150 e. The Morgan fingerprint density at radius 3 is 2.75 bits per heavy atom. The van der Waals surface area contributed by atoms with Crippen LogP contribution in [0, 0.1) is 0 Å². The van der Waals surface area contributed by atoms with Crippen molar-refractivity contribution in [3.63, 3.8) is 0 Å². The number of rotatable bonds is 6. The Balaban J connectivity index is 2.39. The number of imidazole rings is 1. The molecule has 0 aliphatic heterocycles. The van der Waals surface area contributed by atoms with E-state index in [-0.39, 0.29) is 11.5 Å². The molecule has 0 spiro atoms. The van der Waals surface area contributed by atoms with E-state index < -0.39 is 15.9 Å². The number of hydrogen-bond donors (Lipinski definition) is 1. The van der Waals surface area contributed by atoms with E-state index in [4.69, 9.17) is 0 Å². The van der Waals surface area contributed by atoms with Gasteiger partial charge in [0.05, 0.1) is 23.9 Å². The number of sulfone groups is 1. The van der Waals surface area contributed by atoms with Gasteiger partial charge in [-0.25, -0.2) is 13.4 Å². The monoisotopic (exact) mass is 246 g/mol. The number of aliphatic hydroxyl groups is 1. The number of aliphatic hydroxyl groups excluding tert-OH is 1. The summed E-state index contributed by atoms with van der Waals surface area (Å²) in [5.41, 5.74) is 0.594. The van der Waals surface area contributed by atoms with Crippen LogP contribution in [0.3, 0.4) is 0 Å². The highest BCUT2D eigenvalue weighted by molar-refractivity contribution is 7.91. The van der Waals surface area contributed by atoms with Crippen LogP contribution < -0.4 is 0 Å². The van der Waals surface area contributed by atoms with Crippen molar-refractivity contribution in [3.8, 4) is 0 Å². The van der Waals surface area contributed by atoms with Gasteiger partial charge in [-0.2, -0.15) is 0 Å². The van der Waals surface area contributed by atoms with Crippen molar-refractivity contribution in [2.75, 3.05) is 11.5 Å². The molecule has 5 nitrogen and oxygen atoms in total. The lowest BCUT2D eigenvalue weighted by Gasteiger charge is -2.07. The normalized spacial score (nSPS) is 13.9. The molecular formula is C10H18N2O3S. The summed E-state index contributed by atoms with van der Waals surface area (Å²) in [7, 11) is -1.10. The van der Waals surface area contributed by atoms with Crippen LogP contribution in [-0.4, -0.2) is 34.6 Å².